The van der Waals surface area contributed by atoms with Gasteiger partial charge >= 0.3 is 0 Å². The third kappa shape index (κ3) is 4.98. The molecule has 146 valence electrons. The van der Waals surface area contributed by atoms with Gasteiger partial charge in [0.05, 0.1) is 17.9 Å². The Labute approximate surface area is 157 Å². The highest BCUT2D eigenvalue weighted by Gasteiger charge is 2.33. The van der Waals surface area contributed by atoms with Crippen LogP contribution in [0.15, 0.2) is 23.1 Å². The molecule has 1 fully saturated rings. The summed E-state index contributed by atoms with van der Waals surface area (Å²) in [6.07, 6.45) is 1.39. The lowest BCUT2D eigenvalue weighted by atomic mass is 9.95. The normalized spacial score (nSPS) is 19.2. The summed E-state index contributed by atoms with van der Waals surface area (Å²) in [6, 6.07) is 4.85. The molecule has 2 rings (SSSR count). The first-order valence-electron chi connectivity index (χ1n) is 8.97. The molecule has 1 aromatic carbocycles. The van der Waals surface area contributed by atoms with Gasteiger partial charge in [0, 0.05) is 19.6 Å². The molecular weight excluding hydrogens is 352 g/mol. The number of benzene rings is 1. The van der Waals surface area contributed by atoms with E-state index in [1.165, 1.54) is 4.31 Å². The van der Waals surface area contributed by atoms with Crippen molar-refractivity contribution in [3.63, 3.8) is 0 Å². The van der Waals surface area contributed by atoms with Crippen LogP contribution in [-0.4, -0.2) is 45.4 Å². The topological polar surface area (TPSA) is 75.7 Å². The van der Waals surface area contributed by atoms with Gasteiger partial charge in [0.15, 0.2) is 0 Å². The molecule has 1 N–H and O–H groups in total. The van der Waals surface area contributed by atoms with Crippen LogP contribution in [0, 0.1) is 18.3 Å². The van der Waals surface area contributed by atoms with Crippen LogP contribution in [0.25, 0.3) is 0 Å². The number of piperidine rings is 1. The van der Waals surface area contributed by atoms with Gasteiger partial charge in [-0.1, -0.05) is 20.8 Å². The number of aryl methyl sites for hydroxylation is 1. The fourth-order valence-electron chi connectivity index (χ4n) is 3.03. The number of sulfonamides is 1. The minimum absolute atomic E-state index is 0.00326. The molecule has 0 radical (unpaired) electrons. The van der Waals surface area contributed by atoms with Crippen LogP contribution in [0.5, 0.6) is 5.75 Å². The van der Waals surface area contributed by atoms with Gasteiger partial charge < -0.3 is 10.1 Å². The average Bonchev–Trinajstić information content (AvgIpc) is 2.59. The molecule has 1 saturated heterocycles. The van der Waals surface area contributed by atoms with E-state index in [9.17, 15) is 13.2 Å². The number of carbonyl (C=O) groups is 1. The summed E-state index contributed by atoms with van der Waals surface area (Å²) < 4.78 is 32.6. The molecule has 1 aliphatic heterocycles. The Hall–Kier alpha value is -1.60. The molecule has 0 aromatic heterocycles. The van der Waals surface area contributed by atoms with E-state index in [-0.39, 0.29) is 28.7 Å². The van der Waals surface area contributed by atoms with Crippen molar-refractivity contribution in [3.8, 4) is 5.75 Å². The predicted octanol–water partition coefficient (Wildman–Crippen LogP) is 2.57. The second-order valence-electron chi connectivity index (χ2n) is 8.11. The molecule has 1 amide bonds. The lowest BCUT2D eigenvalue weighted by Crippen LogP contribution is -2.46. The molecule has 1 aliphatic rings. The number of hydrogen-bond acceptors (Lipinski definition) is 4. The van der Waals surface area contributed by atoms with Crippen LogP contribution in [0.2, 0.25) is 0 Å². The minimum atomic E-state index is -3.62. The number of carbonyl (C=O) groups excluding carboxylic acids is 1. The summed E-state index contributed by atoms with van der Waals surface area (Å²) in [7, 11) is -2.06. The summed E-state index contributed by atoms with van der Waals surface area (Å²) in [5.41, 5.74) is 0.765. The van der Waals surface area contributed by atoms with E-state index in [2.05, 4.69) is 26.1 Å². The fraction of sp³-hybridized carbons (Fsp3) is 0.632. The van der Waals surface area contributed by atoms with E-state index < -0.39 is 10.0 Å². The lowest BCUT2D eigenvalue weighted by Gasteiger charge is -2.32. The Morgan fingerprint density at radius 3 is 2.62 bits per heavy atom. The van der Waals surface area contributed by atoms with Gasteiger partial charge in [-0.2, -0.15) is 4.31 Å². The maximum atomic E-state index is 13.0. The van der Waals surface area contributed by atoms with E-state index in [1.807, 2.05) is 6.92 Å². The Balaban J connectivity index is 2.12. The number of methoxy groups -OCH3 is 1. The van der Waals surface area contributed by atoms with Crippen LogP contribution >= 0.6 is 0 Å². The second kappa shape index (κ2) is 7.96. The van der Waals surface area contributed by atoms with Crippen molar-refractivity contribution in [3.05, 3.63) is 23.8 Å². The molecule has 26 heavy (non-hydrogen) atoms. The number of rotatable bonds is 5. The molecule has 0 spiro atoms. The average molecular weight is 383 g/mol. The van der Waals surface area contributed by atoms with Gasteiger partial charge in [-0.15, -0.1) is 0 Å². The monoisotopic (exact) mass is 382 g/mol. The van der Waals surface area contributed by atoms with Crippen LogP contribution in [0.4, 0.5) is 0 Å². The first kappa shape index (κ1) is 20.7. The SMILES string of the molecule is COc1ccc(S(=O)(=O)N2CCC[C@@H](C(=O)NCC(C)(C)C)C2)cc1C. The van der Waals surface area contributed by atoms with Crippen molar-refractivity contribution >= 4 is 15.9 Å². The lowest BCUT2D eigenvalue weighted by molar-refractivity contribution is -0.126. The van der Waals surface area contributed by atoms with Crippen molar-refractivity contribution in [1.29, 1.82) is 0 Å². The zero-order chi connectivity index (χ0) is 19.5. The minimum Gasteiger partial charge on any atom is -0.496 e. The molecule has 1 atom stereocenters. The van der Waals surface area contributed by atoms with Crippen molar-refractivity contribution in [2.75, 3.05) is 26.7 Å². The van der Waals surface area contributed by atoms with E-state index in [0.717, 1.165) is 5.56 Å². The van der Waals surface area contributed by atoms with Gasteiger partial charge in [-0.25, -0.2) is 8.42 Å². The molecule has 6 nitrogen and oxygen atoms in total. The Morgan fingerprint density at radius 1 is 1.35 bits per heavy atom. The third-order valence-corrected chi connectivity index (χ3v) is 6.41. The summed E-state index contributed by atoms with van der Waals surface area (Å²) in [4.78, 5) is 12.7. The molecule has 0 saturated carbocycles. The first-order chi connectivity index (χ1) is 12.0. The Morgan fingerprint density at radius 2 is 2.04 bits per heavy atom. The van der Waals surface area contributed by atoms with E-state index >= 15 is 0 Å². The summed E-state index contributed by atoms with van der Waals surface area (Å²) >= 11 is 0. The van der Waals surface area contributed by atoms with E-state index in [0.29, 0.717) is 31.7 Å². The molecule has 0 unspecified atom stereocenters. The summed E-state index contributed by atoms with van der Waals surface area (Å²) in [5.74, 6) is 0.285. The van der Waals surface area contributed by atoms with Gasteiger partial charge in [-0.3, -0.25) is 4.79 Å². The van der Waals surface area contributed by atoms with Crippen molar-refractivity contribution < 1.29 is 17.9 Å². The second-order valence-corrected chi connectivity index (χ2v) is 10.1. The number of ether oxygens (including phenoxy) is 1. The Bertz CT molecular complexity index is 753. The molecule has 7 heteroatoms. The standard InChI is InChI=1S/C19H30N2O4S/c1-14-11-16(8-9-17(14)25-5)26(23,24)21-10-6-7-15(12-21)18(22)20-13-19(2,3)4/h8-9,11,15H,6-7,10,12-13H2,1-5H3,(H,20,22)/t15-/m1/s1. The van der Waals surface area contributed by atoms with Gasteiger partial charge in [0.25, 0.3) is 0 Å². The maximum absolute atomic E-state index is 13.0. The molecular formula is C19H30N2O4S. The van der Waals surface area contributed by atoms with E-state index in [4.69, 9.17) is 4.74 Å². The smallest absolute Gasteiger partial charge is 0.243 e. The maximum Gasteiger partial charge on any atom is 0.243 e. The molecule has 0 bridgehead atoms. The van der Waals surface area contributed by atoms with E-state index in [1.54, 1.807) is 25.3 Å². The van der Waals surface area contributed by atoms with Crippen LogP contribution < -0.4 is 10.1 Å². The zero-order valence-electron chi connectivity index (χ0n) is 16.3. The van der Waals surface area contributed by atoms with Gasteiger partial charge in [-0.05, 0) is 48.9 Å². The van der Waals surface area contributed by atoms with Crippen molar-refractivity contribution in [1.82, 2.24) is 9.62 Å². The predicted molar refractivity (Wildman–Crippen MR) is 102 cm³/mol. The van der Waals surface area contributed by atoms with Gasteiger partial charge in [0.1, 0.15) is 5.75 Å². The highest BCUT2D eigenvalue weighted by atomic mass is 32.2. The molecule has 1 aromatic rings. The summed E-state index contributed by atoms with van der Waals surface area (Å²) in [5, 5.41) is 2.95. The summed E-state index contributed by atoms with van der Waals surface area (Å²) in [6.45, 7) is 9.22. The van der Waals surface area contributed by atoms with Gasteiger partial charge in [0.2, 0.25) is 15.9 Å². The van der Waals surface area contributed by atoms with Crippen molar-refractivity contribution in [2.24, 2.45) is 11.3 Å². The number of amides is 1. The molecule has 1 heterocycles. The van der Waals surface area contributed by atoms with Crippen LogP contribution in [0.3, 0.4) is 0 Å². The molecule has 0 aliphatic carbocycles. The van der Waals surface area contributed by atoms with Crippen LogP contribution in [-0.2, 0) is 14.8 Å². The fourth-order valence-corrected chi connectivity index (χ4v) is 4.64. The quantitative estimate of drug-likeness (QED) is 0.849. The largest absolute Gasteiger partial charge is 0.496 e. The number of nitrogens with one attached hydrogen (secondary N) is 1. The zero-order valence-corrected chi connectivity index (χ0v) is 17.1. The van der Waals surface area contributed by atoms with Crippen LogP contribution in [0.1, 0.15) is 39.2 Å². The highest BCUT2D eigenvalue weighted by Crippen LogP contribution is 2.27. The third-order valence-electron chi connectivity index (χ3n) is 4.55. The Kier molecular flexibility index (Phi) is 6.34. The highest BCUT2D eigenvalue weighted by molar-refractivity contribution is 7.89. The first-order valence-corrected chi connectivity index (χ1v) is 10.4. The number of nitrogens with zero attached hydrogens (tertiary/aromatic N) is 1. The van der Waals surface area contributed by atoms with Crippen molar-refractivity contribution in [2.45, 2.75) is 45.4 Å². The number of hydrogen-bond donors (Lipinski definition) is 1.